The van der Waals surface area contributed by atoms with E-state index in [-0.39, 0.29) is 11.3 Å². The SMILES string of the molecule is CCCCNc1c(/C(C)=C/c2ccccc2)oc(C(=O)OC)c1C(=O)OC. The number of anilines is 1. The fourth-order valence-electron chi connectivity index (χ4n) is 2.67. The third-order valence-electron chi connectivity index (χ3n) is 4.04. The molecule has 0 aliphatic rings. The van der Waals surface area contributed by atoms with Crippen LogP contribution in [0.3, 0.4) is 0 Å². The van der Waals surface area contributed by atoms with Crippen molar-refractivity contribution in [3.8, 4) is 0 Å². The summed E-state index contributed by atoms with van der Waals surface area (Å²) in [5, 5.41) is 3.22. The van der Waals surface area contributed by atoms with Gasteiger partial charge < -0.3 is 19.2 Å². The molecule has 1 N–H and O–H groups in total. The summed E-state index contributed by atoms with van der Waals surface area (Å²) >= 11 is 0. The summed E-state index contributed by atoms with van der Waals surface area (Å²) in [5.41, 5.74) is 2.24. The van der Waals surface area contributed by atoms with Gasteiger partial charge in [0.25, 0.3) is 0 Å². The van der Waals surface area contributed by atoms with E-state index in [1.807, 2.05) is 43.3 Å². The molecule has 1 heterocycles. The predicted molar refractivity (Wildman–Crippen MR) is 105 cm³/mol. The molecule has 1 aromatic heterocycles. The molecule has 144 valence electrons. The Balaban J connectivity index is 2.59. The van der Waals surface area contributed by atoms with Crippen molar-refractivity contribution < 1.29 is 23.5 Å². The zero-order chi connectivity index (χ0) is 19.8. The molecule has 1 aromatic carbocycles. The number of hydrogen-bond acceptors (Lipinski definition) is 6. The van der Waals surface area contributed by atoms with Gasteiger partial charge in [-0.2, -0.15) is 0 Å². The zero-order valence-corrected chi connectivity index (χ0v) is 16.1. The number of allylic oxidation sites excluding steroid dienone is 1. The first-order chi connectivity index (χ1) is 13.0. The van der Waals surface area contributed by atoms with Gasteiger partial charge in [-0.3, -0.25) is 0 Å². The van der Waals surface area contributed by atoms with Crippen LogP contribution < -0.4 is 5.32 Å². The van der Waals surface area contributed by atoms with Gasteiger partial charge in [0.2, 0.25) is 5.76 Å². The first kappa shape index (κ1) is 20.3. The maximum atomic E-state index is 12.4. The van der Waals surface area contributed by atoms with E-state index in [4.69, 9.17) is 13.9 Å². The maximum absolute atomic E-state index is 12.4. The van der Waals surface area contributed by atoms with E-state index in [1.54, 1.807) is 0 Å². The maximum Gasteiger partial charge on any atom is 0.374 e. The highest BCUT2D eigenvalue weighted by molar-refractivity contribution is 6.08. The van der Waals surface area contributed by atoms with Crippen LogP contribution in [0.2, 0.25) is 0 Å². The number of carbonyl (C=O) groups is 2. The largest absolute Gasteiger partial charge is 0.465 e. The molecule has 2 rings (SSSR count). The van der Waals surface area contributed by atoms with Gasteiger partial charge in [0, 0.05) is 6.54 Å². The number of rotatable bonds is 8. The molecule has 2 aromatic rings. The molecule has 6 heteroatoms. The van der Waals surface area contributed by atoms with E-state index in [0.29, 0.717) is 18.0 Å². The fourth-order valence-corrected chi connectivity index (χ4v) is 2.67. The average molecular weight is 371 g/mol. The number of hydrogen-bond donors (Lipinski definition) is 1. The molecule has 0 saturated carbocycles. The molecule has 0 amide bonds. The predicted octanol–water partition coefficient (Wildman–Crippen LogP) is 4.63. The number of unbranched alkanes of at least 4 members (excludes halogenated alkanes) is 1. The number of benzene rings is 1. The van der Waals surface area contributed by atoms with Crippen molar-refractivity contribution in [1.29, 1.82) is 0 Å². The van der Waals surface area contributed by atoms with Crippen molar-refractivity contribution in [3.05, 3.63) is 53.0 Å². The zero-order valence-electron chi connectivity index (χ0n) is 16.1. The van der Waals surface area contributed by atoms with Crippen molar-refractivity contribution in [2.45, 2.75) is 26.7 Å². The normalized spacial score (nSPS) is 11.2. The van der Waals surface area contributed by atoms with Crippen molar-refractivity contribution >= 4 is 29.3 Å². The highest BCUT2D eigenvalue weighted by atomic mass is 16.5. The van der Waals surface area contributed by atoms with Crippen LogP contribution in [0.5, 0.6) is 0 Å². The average Bonchev–Trinajstić information content (AvgIpc) is 3.07. The quantitative estimate of drug-likeness (QED) is 0.539. The number of methoxy groups -OCH3 is 2. The van der Waals surface area contributed by atoms with Crippen LogP contribution in [-0.2, 0) is 9.47 Å². The van der Waals surface area contributed by atoms with Gasteiger partial charge in [0.15, 0.2) is 5.76 Å². The summed E-state index contributed by atoms with van der Waals surface area (Å²) in [5.74, 6) is -1.14. The standard InChI is InChI=1S/C21H25NO5/c1-5-6-12-22-17-16(20(23)25-3)19(21(24)26-4)27-18(17)14(2)13-15-10-8-7-9-11-15/h7-11,13,22H,5-6,12H2,1-4H3/b14-13+. The molecule has 0 spiro atoms. The Kier molecular flexibility index (Phi) is 7.23. The van der Waals surface area contributed by atoms with Gasteiger partial charge in [-0.1, -0.05) is 43.7 Å². The van der Waals surface area contributed by atoms with Crippen LogP contribution in [0.15, 0.2) is 34.7 Å². The number of ether oxygens (including phenoxy) is 2. The van der Waals surface area contributed by atoms with E-state index in [2.05, 4.69) is 12.2 Å². The third-order valence-corrected chi connectivity index (χ3v) is 4.04. The second-order valence-corrected chi connectivity index (χ2v) is 6.01. The third kappa shape index (κ3) is 4.78. The minimum atomic E-state index is -0.729. The summed E-state index contributed by atoms with van der Waals surface area (Å²) in [6.07, 6.45) is 3.81. The van der Waals surface area contributed by atoms with Crippen LogP contribution in [-0.4, -0.2) is 32.7 Å². The van der Waals surface area contributed by atoms with E-state index in [0.717, 1.165) is 24.0 Å². The number of nitrogens with one attached hydrogen (secondary N) is 1. The molecular weight excluding hydrogens is 346 g/mol. The lowest BCUT2D eigenvalue weighted by atomic mass is 10.1. The Hall–Kier alpha value is -3.02. The summed E-state index contributed by atoms with van der Waals surface area (Å²) < 4.78 is 15.4. The molecule has 0 unspecified atom stereocenters. The van der Waals surface area contributed by atoms with Gasteiger partial charge in [-0.05, 0) is 30.6 Å². The Morgan fingerprint density at radius 1 is 1.07 bits per heavy atom. The number of furan rings is 1. The van der Waals surface area contributed by atoms with E-state index < -0.39 is 11.9 Å². The van der Waals surface area contributed by atoms with Crippen molar-refractivity contribution in [2.24, 2.45) is 0 Å². The molecule has 0 bridgehead atoms. The van der Waals surface area contributed by atoms with Crippen molar-refractivity contribution in [1.82, 2.24) is 0 Å². The second-order valence-electron chi connectivity index (χ2n) is 6.01. The Morgan fingerprint density at radius 3 is 2.33 bits per heavy atom. The number of esters is 2. The molecule has 6 nitrogen and oxygen atoms in total. The van der Waals surface area contributed by atoms with Crippen LogP contribution in [0.25, 0.3) is 11.6 Å². The topological polar surface area (TPSA) is 77.8 Å². The van der Waals surface area contributed by atoms with E-state index >= 15 is 0 Å². The monoisotopic (exact) mass is 371 g/mol. The number of carbonyl (C=O) groups excluding carboxylic acids is 2. The second kappa shape index (κ2) is 9.62. The molecule has 0 atom stereocenters. The van der Waals surface area contributed by atoms with Crippen LogP contribution in [0.1, 0.15) is 58.9 Å². The minimum Gasteiger partial charge on any atom is -0.465 e. The van der Waals surface area contributed by atoms with Gasteiger partial charge in [-0.25, -0.2) is 9.59 Å². The molecule has 0 aliphatic carbocycles. The lowest BCUT2D eigenvalue weighted by Gasteiger charge is -2.08. The lowest BCUT2D eigenvalue weighted by molar-refractivity contribution is 0.0528. The molecule has 0 fully saturated rings. The minimum absolute atomic E-state index is 0.0521. The van der Waals surface area contributed by atoms with Crippen LogP contribution in [0, 0.1) is 0 Å². The highest BCUT2D eigenvalue weighted by Gasteiger charge is 2.31. The molecule has 0 radical (unpaired) electrons. The summed E-state index contributed by atoms with van der Waals surface area (Å²) in [4.78, 5) is 24.5. The summed E-state index contributed by atoms with van der Waals surface area (Å²) in [6.45, 7) is 4.56. The smallest absolute Gasteiger partial charge is 0.374 e. The van der Waals surface area contributed by atoms with E-state index in [9.17, 15) is 9.59 Å². The fraction of sp³-hybridized carbons (Fsp3) is 0.333. The highest BCUT2D eigenvalue weighted by Crippen LogP contribution is 2.35. The first-order valence-corrected chi connectivity index (χ1v) is 8.84. The van der Waals surface area contributed by atoms with E-state index in [1.165, 1.54) is 14.2 Å². The van der Waals surface area contributed by atoms with Gasteiger partial charge in [0.05, 0.1) is 19.9 Å². The lowest BCUT2D eigenvalue weighted by Crippen LogP contribution is -2.12. The Bertz CT molecular complexity index is 821. The molecule has 0 aliphatic heterocycles. The van der Waals surface area contributed by atoms with Crippen LogP contribution >= 0.6 is 0 Å². The van der Waals surface area contributed by atoms with Gasteiger partial charge >= 0.3 is 11.9 Å². The van der Waals surface area contributed by atoms with Crippen molar-refractivity contribution in [3.63, 3.8) is 0 Å². The molecule has 27 heavy (non-hydrogen) atoms. The Labute approximate surface area is 159 Å². The van der Waals surface area contributed by atoms with Crippen LogP contribution in [0.4, 0.5) is 5.69 Å². The summed E-state index contributed by atoms with van der Waals surface area (Å²) in [7, 11) is 2.50. The van der Waals surface area contributed by atoms with Crippen molar-refractivity contribution in [2.75, 3.05) is 26.1 Å². The van der Waals surface area contributed by atoms with Gasteiger partial charge in [0.1, 0.15) is 5.56 Å². The summed E-state index contributed by atoms with van der Waals surface area (Å²) in [6, 6.07) is 9.71. The Morgan fingerprint density at radius 2 is 1.74 bits per heavy atom. The molecule has 0 saturated heterocycles. The first-order valence-electron chi connectivity index (χ1n) is 8.84. The van der Waals surface area contributed by atoms with Gasteiger partial charge in [-0.15, -0.1) is 0 Å². The molecular formula is C21H25NO5.